The van der Waals surface area contributed by atoms with Crippen LogP contribution in [-0.2, 0) is 5.41 Å². The molecule has 2 unspecified atom stereocenters. The average Bonchev–Trinajstić information content (AvgIpc) is 2.38. The van der Waals surface area contributed by atoms with Gasteiger partial charge in [-0.2, -0.15) is 5.26 Å². The predicted octanol–water partition coefficient (Wildman–Crippen LogP) is 3.54. The second-order valence-corrected chi connectivity index (χ2v) is 5.88. The highest BCUT2D eigenvalue weighted by molar-refractivity contribution is 5.42. The molecule has 1 rings (SSSR count). The highest BCUT2D eigenvalue weighted by Crippen LogP contribution is 2.34. The van der Waals surface area contributed by atoms with Crippen molar-refractivity contribution in [2.75, 3.05) is 7.11 Å². The van der Waals surface area contributed by atoms with Crippen molar-refractivity contribution in [2.45, 2.75) is 45.6 Å². The second-order valence-electron chi connectivity index (χ2n) is 5.88. The van der Waals surface area contributed by atoms with E-state index in [0.717, 1.165) is 23.3 Å². The molecule has 3 heteroatoms. The van der Waals surface area contributed by atoms with Crippen molar-refractivity contribution in [3.63, 3.8) is 0 Å². The van der Waals surface area contributed by atoms with Crippen LogP contribution in [0.3, 0.4) is 0 Å². The van der Waals surface area contributed by atoms with Gasteiger partial charge in [0.15, 0.2) is 0 Å². The molecular weight excluding hydrogens is 236 g/mol. The van der Waals surface area contributed by atoms with Crippen LogP contribution < -0.4 is 10.5 Å². The molecule has 0 spiro atoms. The summed E-state index contributed by atoms with van der Waals surface area (Å²) >= 11 is 0. The zero-order valence-electron chi connectivity index (χ0n) is 12.5. The fourth-order valence-electron chi connectivity index (χ4n) is 2.18. The van der Waals surface area contributed by atoms with Crippen LogP contribution in [0.15, 0.2) is 18.2 Å². The van der Waals surface area contributed by atoms with E-state index in [1.807, 2.05) is 19.1 Å². The molecular formula is C16H24N2O. The zero-order chi connectivity index (χ0) is 14.6. The van der Waals surface area contributed by atoms with Crippen molar-refractivity contribution in [2.24, 2.45) is 11.7 Å². The summed E-state index contributed by atoms with van der Waals surface area (Å²) < 4.78 is 5.41. The Kier molecular flexibility index (Phi) is 4.97. The van der Waals surface area contributed by atoms with Gasteiger partial charge >= 0.3 is 0 Å². The molecule has 0 amide bonds. The van der Waals surface area contributed by atoms with E-state index in [4.69, 9.17) is 15.7 Å². The van der Waals surface area contributed by atoms with Crippen molar-refractivity contribution in [1.82, 2.24) is 0 Å². The molecule has 0 bridgehead atoms. The molecule has 0 heterocycles. The average molecular weight is 260 g/mol. The van der Waals surface area contributed by atoms with Crippen LogP contribution >= 0.6 is 0 Å². The molecule has 2 N–H and O–H groups in total. The van der Waals surface area contributed by atoms with Crippen LogP contribution in [-0.4, -0.2) is 7.11 Å². The molecule has 0 saturated heterocycles. The number of benzene rings is 1. The minimum atomic E-state index is -0.248. The van der Waals surface area contributed by atoms with Crippen LogP contribution in [0, 0.1) is 17.2 Å². The summed E-state index contributed by atoms with van der Waals surface area (Å²) in [6.45, 7) is 8.41. The normalized spacial score (nSPS) is 14.6. The van der Waals surface area contributed by atoms with Gasteiger partial charge in [-0.3, -0.25) is 0 Å². The van der Waals surface area contributed by atoms with E-state index < -0.39 is 0 Å². The zero-order valence-corrected chi connectivity index (χ0v) is 12.5. The Morgan fingerprint density at radius 3 is 2.42 bits per heavy atom. The van der Waals surface area contributed by atoms with Gasteiger partial charge in [0.05, 0.1) is 19.1 Å². The third-order valence-electron chi connectivity index (χ3n) is 3.46. The quantitative estimate of drug-likeness (QED) is 0.900. The van der Waals surface area contributed by atoms with Gasteiger partial charge in [0.1, 0.15) is 5.75 Å². The predicted molar refractivity (Wildman–Crippen MR) is 78.0 cm³/mol. The van der Waals surface area contributed by atoms with Crippen LogP contribution in [0.2, 0.25) is 0 Å². The minimum absolute atomic E-state index is 0.0184. The number of hydrogen-bond donors (Lipinski definition) is 1. The molecule has 1 aromatic carbocycles. The van der Waals surface area contributed by atoms with Gasteiger partial charge < -0.3 is 10.5 Å². The summed E-state index contributed by atoms with van der Waals surface area (Å²) in [5, 5.41) is 9.13. The Bertz CT molecular complexity index is 469. The Labute approximate surface area is 116 Å². The van der Waals surface area contributed by atoms with E-state index in [0.29, 0.717) is 0 Å². The summed E-state index contributed by atoms with van der Waals surface area (Å²) in [5.41, 5.74) is 8.30. The lowest BCUT2D eigenvalue weighted by Crippen LogP contribution is -2.21. The lowest BCUT2D eigenvalue weighted by molar-refractivity contribution is 0.396. The fourth-order valence-corrected chi connectivity index (χ4v) is 2.18. The summed E-state index contributed by atoms with van der Waals surface area (Å²) in [4.78, 5) is 0. The Morgan fingerprint density at radius 2 is 2.00 bits per heavy atom. The number of rotatable bonds is 4. The van der Waals surface area contributed by atoms with E-state index in [-0.39, 0.29) is 17.4 Å². The van der Waals surface area contributed by atoms with E-state index in [1.54, 1.807) is 7.11 Å². The van der Waals surface area contributed by atoms with Gasteiger partial charge in [-0.15, -0.1) is 0 Å². The van der Waals surface area contributed by atoms with Gasteiger partial charge in [-0.25, -0.2) is 0 Å². The van der Waals surface area contributed by atoms with Crippen molar-refractivity contribution < 1.29 is 4.74 Å². The number of hydrogen-bond acceptors (Lipinski definition) is 3. The number of methoxy groups -OCH3 is 1. The Hall–Kier alpha value is -1.53. The van der Waals surface area contributed by atoms with Gasteiger partial charge in [0.25, 0.3) is 0 Å². The molecule has 0 fully saturated rings. The molecule has 1 aromatic rings. The summed E-state index contributed by atoms with van der Waals surface area (Å²) in [5.74, 6) is 0.717. The first-order chi connectivity index (χ1) is 8.85. The van der Waals surface area contributed by atoms with Crippen LogP contribution in [0.5, 0.6) is 5.75 Å². The van der Waals surface area contributed by atoms with Crippen LogP contribution in [0.4, 0.5) is 0 Å². The third kappa shape index (κ3) is 3.48. The fraction of sp³-hybridized carbons (Fsp3) is 0.562. The van der Waals surface area contributed by atoms with Crippen LogP contribution in [0.25, 0.3) is 0 Å². The molecule has 0 aromatic heterocycles. The first-order valence-electron chi connectivity index (χ1n) is 6.68. The largest absolute Gasteiger partial charge is 0.496 e. The first-order valence-corrected chi connectivity index (χ1v) is 6.68. The molecule has 2 atom stereocenters. The maximum absolute atomic E-state index is 9.13. The molecule has 104 valence electrons. The van der Waals surface area contributed by atoms with E-state index >= 15 is 0 Å². The maximum atomic E-state index is 9.13. The van der Waals surface area contributed by atoms with Gasteiger partial charge in [-0.05, 0) is 35.1 Å². The second kappa shape index (κ2) is 6.08. The lowest BCUT2D eigenvalue weighted by atomic mass is 9.83. The Morgan fingerprint density at radius 1 is 1.37 bits per heavy atom. The highest BCUT2D eigenvalue weighted by Gasteiger charge is 2.23. The summed E-state index contributed by atoms with van der Waals surface area (Å²) in [7, 11) is 1.67. The van der Waals surface area contributed by atoms with Gasteiger partial charge in [0, 0.05) is 6.04 Å². The summed E-state index contributed by atoms with van der Waals surface area (Å²) in [6, 6.07) is 8.01. The third-order valence-corrected chi connectivity index (χ3v) is 3.46. The van der Waals surface area contributed by atoms with Crippen molar-refractivity contribution >= 4 is 0 Å². The number of ether oxygens (including phenoxy) is 1. The highest BCUT2D eigenvalue weighted by atomic mass is 16.5. The van der Waals surface area contributed by atoms with Crippen molar-refractivity contribution in [3.05, 3.63) is 29.3 Å². The summed E-state index contributed by atoms with van der Waals surface area (Å²) in [6.07, 6.45) is 0.758. The van der Waals surface area contributed by atoms with Gasteiger partial charge in [-0.1, -0.05) is 33.8 Å². The number of nitrogens with two attached hydrogens (primary N) is 1. The van der Waals surface area contributed by atoms with E-state index in [2.05, 4.69) is 32.9 Å². The van der Waals surface area contributed by atoms with Crippen LogP contribution in [0.1, 0.15) is 51.3 Å². The van der Waals surface area contributed by atoms with Gasteiger partial charge in [0.2, 0.25) is 0 Å². The van der Waals surface area contributed by atoms with Crippen molar-refractivity contribution in [1.29, 1.82) is 5.26 Å². The number of nitrogens with zero attached hydrogens (tertiary/aromatic N) is 1. The lowest BCUT2D eigenvalue weighted by Gasteiger charge is -2.25. The first kappa shape index (κ1) is 15.5. The number of nitriles is 1. The minimum Gasteiger partial charge on any atom is -0.496 e. The molecule has 3 nitrogen and oxygen atoms in total. The smallest absolute Gasteiger partial charge is 0.122 e. The monoisotopic (exact) mass is 260 g/mol. The standard InChI is InChI=1S/C16H24N2O/c1-6-11(10-17)15(18)12-7-8-14(19-5)13(9-12)16(2,3)4/h7-9,11,15H,6,18H2,1-5H3. The van der Waals surface area contributed by atoms with Crippen molar-refractivity contribution in [3.8, 4) is 11.8 Å². The van der Waals surface area contributed by atoms with E-state index in [1.165, 1.54) is 0 Å². The molecule has 0 aliphatic carbocycles. The topological polar surface area (TPSA) is 59.0 Å². The molecule has 19 heavy (non-hydrogen) atoms. The Balaban J connectivity index is 3.23. The molecule has 0 radical (unpaired) electrons. The molecule has 0 aliphatic heterocycles. The SMILES string of the molecule is CCC(C#N)C(N)c1ccc(OC)c(C(C)(C)C)c1. The molecule has 0 saturated carbocycles. The molecule has 0 aliphatic rings. The van der Waals surface area contributed by atoms with E-state index in [9.17, 15) is 0 Å². The maximum Gasteiger partial charge on any atom is 0.122 e.